The molecule has 10 heavy (non-hydrogen) atoms. The first kappa shape index (κ1) is 12.2. The summed E-state index contributed by atoms with van der Waals surface area (Å²) in [5, 5.41) is 15.2. The van der Waals surface area contributed by atoms with Gasteiger partial charge in [0.05, 0.1) is 26.1 Å². The van der Waals surface area contributed by atoms with E-state index in [0.29, 0.717) is 0 Å². The second-order valence-electron chi connectivity index (χ2n) is 1.48. The van der Waals surface area contributed by atoms with Gasteiger partial charge in [-0.25, -0.2) is 0 Å². The lowest BCUT2D eigenvalue weighted by Crippen LogP contribution is -1.85. The lowest BCUT2D eigenvalue weighted by molar-refractivity contribution is 0.186. The highest BCUT2D eigenvalue weighted by atomic mass is 16.5. The van der Waals surface area contributed by atoms with Crippen molar-refractivity contribution in [1.82, 2.24) is 0 Å². The molecule has 0 aliphatic carbocycles. The summed E-state index contributed by atoms with van der Waals surface area (Å²) in [7, 11) is 0. The van der Waals surface area contributed by atoms with E-state index in [1.54, 1.807) is 0 Å². The molecule has 0 aliphatic rings. The third-order valence-corrected chi connectivity index (χ3v) is 0.540. The van der Waals surface area contributed by atoms with Gasteiger partial charge < -0.3 is 14.9 Å². The topological polar surface area (TPSA) is 49.7 Å². The van der Waals surface area contributed by atoms with Gasteiger partial charge in [-0.1, -0.05) is 13.5 Å². The number of hydrogen-bond acceptors (Lipinski definition) is 3. The second kappa shape index (κ2) is 15.8. The minimum Gasteiger partial charge on any atom is -0.502 e. The van der Waals surface area contributed by atoms with Gasteiger partial charge >= 0.3 is 0 Å². The molecule has 0 radical (unpaired) electrons. The first-order valence-corrected chi connectivity index (χ1v) is 3.27. The monoisotopic (exact) mass is 148 g/mol. The van der Waals surface area contributed by atoms with Crippen LogP contribution in [0.25, 0.3) is 0 Å². The van der Waals surface area contributed by atoms with Gasteiger partial charge in [0.15, 0.2) is 0 Å². The van der Waals surface area contributed by atoms with Crippen LogP contribution in [-0.2, 0) is 4.74 Å². The van der Waals surface area contributed by atoms with Crippen molar-refractivity contribution in [2.24, 2.45) is 0 Å². The van der Waals surface area contributed by atoms with Crippen LogP contribution in [0.1, 0.15) is 13.3 Å². The van der Waals surface area contributed by atoms with Gasteiger partial charge in [0.2, 0.25) is 0 Å². The molecule has 0 fully saturated rings. The molecule has 0 atom stereocenters. The Kier molecular flexibility index (Phi) is 19.2. The molecule has 2 N–H and O–H groups in total. The van der Waals surface area contributed by atoms with E-state index in [1.807, 2.05) is 0 Å². The standard InChI is InChI=1S/C5H10O.C2H6O2/c1-3-5-6-4-2;3-1-2-4/h4H,2-3,5H2,1H3;3-4H,1-2H2. The van der Waals surface area contributed by atoms with Crippen LogP contribution in [0, 0.1) is 0 Å². The van der Waals surface area contributed by atoms with E-state index in [9.17, 15) is 0 Å². The smallest absolute Gasteiger partial charge is 0.0870 e. The zero-order valence-electron chi connectivity index (χ0n) is 6.42. The summed E-state index contributed by atoms with van der Waals surface area (Å²) in [5.74, 6) is 0. The third-order valence-electron chi connectivity index (χ3n) is 0.540. The number of aliphatic hydroxyl groups excluding tert-OH is 2. The van der Waals surface area contributed by atoms with Gasteiger partial charge in [0.25, 0.3) is 0 Å². The fourth-order valence-corrected chi connectivity index (χ4v) is 0.201. The Morgan fingerprint density at radius 2 is 1.90 bits per heavy atom. The molecule has 0 saturated carbocycles. The summed E-state index contributed by atoms with van der Waals surface area (Å²) in [6.07, 6.45) is 2.52. The van der Waals surface area contributed by atoms with Crippen LogP contribution >= 0.6 is 0 Å². The number of aliphatic hydroxyl groups is 2. The molecule has 0 aromatic heterocycles. The van der Waals surface area contributed by atoms with E-state index < -0.39 is 0 Å². The van der Waals surface area contributed by atoms with Crippen LogP contribution in [0.4, 0.5) is 0 Å². The molecule has 62 valence electrons. The van der Waals surface area contributed by atoms with E-state index in [4.69, 9.17) is 14.9 Å². The van der Waals surface area contributed by atoms with E-state index in [2.05, 4.69) is 13.5 Å². The molecule has 0 heterocycles. The Hall–Kier alpha value is -0.540. The molecular weight excluding hydrogens is 132 g/mol. The fourth-order valence-electron chi connectivity index (χ4n) is 0.201. The highest BCUT2D eigenvalue weighted by Crippen LogP contribution is 1.76. The van der Waals surface area contributed by atoms with Crippen LogP contribution in [0.5, 0.6) is 0 Å². The van der Waals surface area contributed by atoms with Crippen LogP contribution in [0.3, 0.4) is 0 Å². The van der Waals surface area contributed by atoms with Crippen LogP contribution < -0.4 is 0 Å². The van der Waals surface area contributed by atoms with Gasteiger partial charge in [-0.05, 0) is 6.42 Å². The molecule has 0 aromatic rings. The maximum Gasteiger partial charge on any atom is 0.0870 e. The summed E-state index contributed by atoms with van der Waals surface area (Å²) in [4.78, 5) is 0. The maximum absolute atomic E-state index is 7.62. The van der Waals surface area contributed by atoms with E-state index in [0.717, 1.165) is 13.0 Å². The van der Waals surface area contributed by atoms with Crippen molar-refractivity contribution in [1.29, 1.82) is 0 Å². The van der Waals surface area contributed by atoms with E-state index >= 15 is 0 Å². The zero-order valence-corrected chi connectivity index (χ0v) is 6.42. The van der Waals surface area contributed by atoms with Gasteiger partial charge in [0.1, 0.15) is 0 Å². The average Bonchev–Trinajstić information content (AvgIpc) is 2.01. The molecule has 0 aromatic carbocycles. The predicted molar refractivity (Wildman–Crippen MR) is 40.6 cm³/mol. The summed E-state index contributed by atoms with van der Waals surface area (Å²) >= 11 is 0. The molecule has 0 spiro atoms. The van der Waals surface area contributed by atoms with Crippen molar-refractivity contribution in [2.45, 2.75) is 13.3 Å². The largest absolute Gasteiger partial charge is 0.502 e. The lowest BCUT2D eigenvalue weighted by atomic mass is 10.5. The molecule has 0 rings (SSSR count). The summed E-state index contributed by atoms with van der Waals surface area (Å²) < 4.78 is 4.75. The molecule has 0 unspecified atom stereocenters. The molecule has 3 nitrogen and oxygen atoms in total. The second-order valence-corrected chi connectivity index (χ2v) is 1.48. The molecule has 3 heteroatoms. The van der Waals surface area contributed by atoms with Gasteiger partial charge in [-0.15, -0.1) is 0 Å². The Morgan fingerprint density at radius 1 is 1.40 bits per heavy atom. The SMILES string of the molecule is C=COCCC.OCCO. The van der Waals surface area contributed by atoms with Gasteiger partial charge in [-0.3, -0.25) is 0 Å². The summed E-state index contributed by atoms with van der Waals surface area (Å²) in [5.41, 5.74) is 0. The normalized spacial score (nSPS) is 7.50. The Bertz CT molecular complexity index is 52.8. The predicted octanol–water partition coefficient (Wildman–Crippen LogP) is 0.527. The molecule has 0 aliphatic heterocycles. The Labute approximate surface area is 61.9 Å². The fraction of sp³-hybridized carbons (Fsp3) is 0.714. The zero-order chi connectivity index (χ0) is 8.24. The number of ether oxygens (including phenoxy) is 1. The number of rotatable bonds is 4. The molecule has 0 saturated heterocycles. The maximum atomic E-state index is 7.62. The van der Waals surface area contributed by atoms with Crippen molar-refractivity contribution in [3.63, 3.8) is 0 Å². The minimum absolute atomic E-state index is 0.125. The Balaban J connectivity index is 0. The van der Waals surface area contributed by atoms with Crippen molar-refractivity contribution in [3.05, 3.63) is 12.8 Å². The lowest BCUT2D eigenvalue weighted by Gasteiger charge is -1.90. The number of hydrogen-bond donors (Lipinski definition) is 2. The van der Waals surface area contributed by atoms with Crippen molar-refractivity contribution >= 4 is 0 Å². The summed E-state index contributed by atoms with van der Waals surface area (Å²) in [6, 6.07) is 0. The average molecular weight is 148 g/mol. The van der Waals surface area contributed by atoms with Crippen LogP contribution in [0.15, 0.2) is 12.8 Å². The minimum atomic E-state index is -0.125. The quantitative estimate of drug-likeness (QED) is 0.451. The van der Waals surface area contributed by atoms with Crippen molar-refractivity contribution < 1.29 is 14.9 Å². The highest BCUT2D eigenvalue weighted by Gasteiger charge is 1.68. The molecule has 0 amide bonds. The first-order chi connectivity index (χ1) is 4.83. The van der Waals surface area contributed by atoms with Crippen LogP contribution in [-0.4, -0.2) is 30.0 Å². The van der Waals surface area contributed by atoms with Crippen LogP contribution in [0.2, 0.25) is 0 Å². The molecule has 0 bridgehead atoms. The van der Waals surface area contributed by atoms with Gasteiger partial charge in [0, 0.05) is 0 Å². The van der Waals surface area contributed by atoms with E-state index in [-0.39, 0.29) is 13.2 Å². The third kappa shape index (κ3) is 26.0. The Morgan fingerprint density at radius 3 is 2.00 bits per heavy atom. The molecular formula is C7H16O3. The van der Waals surface area contributed by atoms with Gasteiger partial charge in [-0.2, -0.15) is 0 Å². The van der Waals surface area contributed by atoms with Crippen molar-refractivity contribution in [3.8, 4) is 0 Å². The summed E-state index contributed by atoms with van der Waals surface area (Å²) in [6.45, 7) is 5.98. The first-order valence-electron chi connectivity index (χ1n) is 3.27. The highest BCUT2D eigenvalue weighted by molar-refractivity contribution is 4.46. The van der Waals surface area contributed by atoms with Crippen molar-refractivity contribution in [2.75, 3.05) is 19.8 Å². The van der Waals surface area contributed by atoms with E-state index in [1.165, 1.54) is 6.26 Å².